The zero-order chi connectivity index (χ0) is 28.9. The number of nitrogens with one attached hydrogen (secondary N) is 1. The standard InChI is InChI=1S/C25H31FN2O2.C2H6O6S2/c26-21-5-6-23(28-17-21)24(8-14-30-25(18-24)9-12-29-13-10-25)7-11-27-22-15-19-3-1-2-4-20(19)16-22;3-9(4,5)1-2-10(6,7)8/h1-6,17,22,27H,7-16,18H2;1-2H2,(H,3,4,5)(H,6,7,8)/t24-;/m1./s1. The molecule has 1 aliphatic carbocycles. The molecule has 1 atom stereocenters. The molecule has 2 aromatic rings. The average Bonchev–Trinajstić information content (AvgIpc) is 3.31. The van der Waals surface area contributed by atoms with Crippen molar-refractivity contribution in [3.8, 4) is 0 Å². The van der Waals surface area contributed by atoms with Crippen LogP contribution in [0.3, 0.4) is 0 Å². The van der Waals surface area contributed by atoms with Crippen LogP contribution in [0.25, 0.3) is 0 Å². The third-order valence-corrected chi connectivity index (χ3v) is 9.71. The van der Waals surface area contributed by atoms with Gasteiger partial charge in [-0.1, -0.05) is 24.3 Å². The number of ether oxygens (including phenoxy) is 2. The third-order valence-electron chi connectivity index (χ3n) is 8.01. The summed E-state index contributed by atoms with van der Waals surface area (Å²) < 4.78 is 80.9. The SMILES string of the molecule is Fc1ccc([C@]2(CCNC3Cc4ccccc4C3)CCOC3(CCOCC3)C2)nc1.O=S(=O)(O)CCS(=O)(=O)O. The van der Waals surface area contributed by atoms with E-state index in [1.807, 2.05) is 6.07 Å². The Morgan fingerprint density at radius 3 is 2.10 bits per heavy atom. The van der Waals surface area contributed by atoms with Crippen LogP contribution in [-0.2, 0) is 48.0 Å². The van der Waals surface area contributed by atoms with Crippen LogP contribution in [0.4, 0.5) is 4.39 Å². The number of aromatic nitrogens is 1. The molecule has 40 heavy (non-hydrogen) atoms. The van der Waals surface area contributed by atoms with E-state index in [0.29, 0.717) is 6.04 Å². The second-order valence-corrected chi connectivity index (χ2v) is 14.0. The lowest BCUT2D eigenvalue weighted by Crippen LogP contribution is -2.51. The van der Waals surface area contributed by atoms with Gasteiger partial charge in [-0.25, -0.2) is 4.39 Å². The molecule has 0 radical (unpaired) electrons. The zero-order valence-electron chi connectivity index (χ0n) is 22.3. The van der Waals surface area contributed by atoms with Gasteiger partial charge < -0.3 is 14.8 Å². The molecule has 0 saturated carbocycles. The predicted octanol–water partition coefficient (Wildman–Crippen LogP) is 2.73. The van der Waals surface area contributed by atoms with Crippen molar-refractivity contribution in [2.24, 2.45) is 0 Å². The molecule has 1 aromatic heterocycles. The van der Waals surface area contributed by atoms with Gasteiger partial charge in [0.1, 0.15) is 5.82 Å². The summed E-state index contributed by atoms with van der Waals surface area (Å²) in [5.41, 5.74) is 3.74. The van der Waals surface area contributed by atoms with Crippen molar-refractivity contribution in [3.05, 3.63) is 65.2 Å². The van der Waals surface area contributed by atoms with Crippen LogP contribution in [0, 0.1) is 5.82 Å². The lowest BCUT2D eigenvalue weighted by Gasteiger charge is -2.49. The van der Waals surface area contributed by atoms with E-state index in [9.17, 15) is 21.2 Å². The predicted molar refractivity (Wildman–Crippen MR) is 147 cm³/mol. The number of hydrogen-bond donors (Lipinski definition) is 3. The first-order chi connectivity index (χ1) is 18.9. The van der Waals surface area contributed by atoms with Crippen LogP contribution in [0.15, 0.2) is 42.6 Å². The molecule has 5 rings (SSSR count). The molecule has 1 spiro atoms. The first-order valence-corrected chi connectivity index (χ1v) is 16.6. The minimum atomic E-state index is -4.30. The van der Waals surface area contributed by atoms with Crippen LogP contribution >= 0.6 is 0 Å². The average molecular weight is 601 g/mol. The number of pyridine rings is 1. The van der Waals surface area contributed by atoms with Crippen molar-refractivity contribution in [2.75, 3.05) is 37.9 Å². The highest BCUT2D eigenvalue weighted by Gasteiger charge is 2.48. The van der Waals surface area contributed by atoms with Gasteiger partial charge in [-0.05, 0) is 74.8 Å². The first-order valence-electron chi connectivity index (χ1n) is 13.4. The molecule has 222 valence electrons. The Balaban J connectivity index is 0.000000318. The Kier molecular flexibility index (Phi) is 9.97. The molecule has 10 nitrogen and oxygen atoms in total. The second-order valence-electron chi connectivity index (χ2n) is 10.9. The van der Waals surface area contributed by atoms with Gasteiger partial charge in [0, 0.05) is 37.0 Å². The summed E-state index contributed by atoms with van der Waals surface area (Å²) in [6.07, 6.45) is 8.29. The third kappa shape index (κ3) is 8.75. The van der Waals surface area contributed by atoms with E-state index in [-0.39, 0.29) is 16.8 Å². The Morgan fingerprint density at radius 1 is 0.925 bits per heavy atom. The Bertz CT molecular complexity index is 1290. The van der Waals surface area contributed by atoms with Crippen LogP contribution < -0.4 is 5.32 Å². The molecule has 2 aliphatic heterocycles. The number of benzene rings is 1. The minimum absolute atomic E-state index is 0.0816. The molecule has 2 saturated heterocycles. The van der Waals surface area contributed by atoms with Gasteiger partial charge >= 0.3 is 0 Å². The molecule has 2 fully saturated rings. The summed E-state index contributed by atoms with van der Waals surface area (Å²) in [4.78, 5) is 4.55. The lowest BCUT2D eigenvalue weighted by atomic mass is 9.66. The Hall–Kier alpha value is -2.00. The van der Waals surface area contributed by atoms with Crippen LogP contribution in [0.1, 0.15) is 48.9 Å². The van der Waals surface area contributed by atoms with Crippen LogP contribution in [-0.4, -0.2) is 80.4 Å². The maximum atomic E-state index is 13.6. The molecule has 3 aliphatic rings. The number of fused-ring (bicyclic) bond motifs is 1. The van der Waals surface area contributed by atoms with E-state index in [0.717, 1.165) is 77.0 Å². The highest BCUT2D eigenvalue weighted by atomic mass is 32.2. The van der Waals surface area contributed by atoms with E-state index < -0.39 is 31.7 Å². The summed E-state index contributed by atoms with van der Waals surface area (Å²) in [6, 6.07) is 12.7. The molecule has 0 unspecified atom stereocenters. The largest absolute Gasteiger partial charge is 0.381 e. The molecular weight excluding hydrogens is 563 g/mol. The van der Waals surface area contributed by atoms with Gasteiger partial charge in [0.25, 0.3) is 20.2 Å². The van der Waals surface area contributed by atoms with Crippen molar-refractivity contribution in [2.45, 2.75) is 62.0 Å². The summed E-state index contributed by atoms with van der Waals surface area (Å²) in [7, 11) is -8.59. The Labute approximate surface area is 235 Å². The second kappa shape index (κ2) is 12.9. The van der Waals surface area contributed by atoms with Crippen molar-refractivity contribution in [3.63, 3.8) is 0 Å². The Morgan fingerprint density at radius 2 is 1.55 bits per heavy atom. The number of halogens is 1. The zero-order valence-corrected chi connectivity index (χ0v) is 23.9. The summed E-state index contributed by atoms with van der Waals surface area (Å²) in [6.45, 7) is 3.18. The fourth-order valence-corrected chi connectivity index (χ4v) is 7.65. The van der Waals surface area contributed by atoms with Crippen LogP contribution in [0.5, 0.6) is 0 Å². The quantitative estimate of drug-likeness (QED) is 0.386. The molecule has 0 bridgehead atoms. The molecule has 1 aromatic carbocycles. The number of nitrogens with zero attached hydrogens (tertiary/aromatic N) is 1. The van der Waals surface area contributed by atoms with E-state index in [1.54, 1.807) is 6.07 Å². The van der Waals surface area contributed by atoms with Crippen molar-refractivity contribution >= 4 is 20.2 Å². The summed E-state index contributed by atoms with van der Waals surface area (Å²) in [5.74, 6) is -2.24. The highest BCUT2D eigenvalue weighted by Crippen LogP contribution is 2.47. The summed E-state index contributed by atoms with van der Waals surface area (Å²) in [5, 5.41) is 3.81. The normalized spacial score (nSPS) is 22.9. The van der Waals surface area contributed by atoms with Gasteiger partial charge in [-0.15, -0.1) is 0 Å². The molecule has 13 heteroatoms. The van der Waals surface area contributed by atoms with E-state index in [4.69, 9.17) is 18.6 Å². The molecular formula is C27H37FN2O8S2. The van der Waals surface area contributed by atoms with Gasteiger partial charge in [-0.3, -0.25) is 14.1 Å². The first kappa shape index (κ1) is 30.9. The van der Waals surface area contributed by atoms with Gasteiger partial charge in [0.15, 0.2) is 0 Å². The molecule has 3 heterocycles. The van der Waals surface area contributed by atoms with Crippen molar-refractivity contribution < 1.29 is 39.8 Å². The number of rotatable bonds is 8. The van der Waals surface area contributed by atoms with Crippen molar-refractivity contribution in [1.29, 1.82) is 0 Å². The smallest absolute Gasteiger partial charge is 0.265 e. The fourth-order valence-electron chi connectivity index (χ4n) is 5.96. The maximum absolute atomic E-state index is 13.6. The monoisotopic (exact) mass is 600 g/mol. The topological polar surface area (TPSA) is 152 Å². The number of hydrogen-bond acceptors (Lipinski definition) is 8. The van der Waals surface area contributed by atoms with E-state index >= 15 is 0 Å². The lowest BCUT2D eigenvalue weighted by molar-refractivity contribution is -0.154. The molecule has 0 amide bonds. The highest BCUT2D eigenvalue weighted by molar-refractivity contribution is 7.89. The molecule has 3 N–H and O–H groups in total. The minimum Gasteiger partial charge on any atom is -0.381 e. The van der Waals surface area contributed by atoms with E-state index in [1.165, 1.54) is 17.3 Å². The van der Waals surface area contributed by atoms with Gasteiger partial charge in [-0.2, -0.15) is 16.8 Å². The van der Waals surface area contributed by atoms with Gasteiger partial charge in [0.05, 0.1) is 23.3 Å². The van der Waals surface area contributed by atoms with E-state index in [2.05, 4.69) is 34.6 Å². The summed E-state index contributed by atoms with van der Waals surface area (Å²) >= 11 is 0. The van der Waals surface area contributed by atoms with Crippen LogP contribution in [0.2, 0.25) is 0 Å². The van der Waals surface area contributed by atoms with Gasteiger partial charge in [0.2, 0.25) is 0 Å². The fraction of sp³-hybridized carbons (Fsp3) is 0.593. The van der Waals surface area contributed by atoms with Crippen molar-refractivity contribution in [1.82, 2.24) is 10.3 Å². The maximum Gasteiger partial charge on any atom is 0.265 e.